The molecule has 1 N–H and O–H groups in total. The Morgan fingerprint density at radius 1 is 1.22 bits per heavy atom. The van der Waals surface area contributed by atoms with Gasteiger partial charge in [0.15, 0.2) is 0 Å². The van der Waals surface area contributed by atoms with Crippen LogP contribution in [0.4, 0.5) is 0 Å². The van der Waals surface area contributed by atoms with Gasteiger partial charge in [-0.2, -0.15) is 0 Å². The summed E-state index contributed by atoms with van der Waals surface area (Å²) in [6.07, 6.45) is 6.16. The minimum atomic E-state index is -0.0131. The third-order valence-electron chi connectivity index (χ3n) is 3.92. The van der Waals surface area contributed by atoms with Crippen molar-refractivity contribution in [1.29, 1.82) is 0 Å². The summed E-state index contributed by atoms with van der Waals surface area (Å²) < 4.78 is 5.31. The highest BCUT2D eigenvalue weighted by Crippen LogP contribution is 2.17. The zero-order valence-corrected chi connectivity index (χ0v) is 12.0. The number of morpholine rings is 1. The van der Waals surface area contributed by atoms with Crippen molar-refractivity contribution in [2.75, 3.05) is 26.3 Å². The average Bonchev–Trinajstić information content (AvgIpc) is 2.40. The first-order chi connectivity index (χ1) is 8.27. The van der Waals surface area contributed by atoms with E-state index in [1.54, 1.807) is 0 Å². The Balaban J connectivity index is 0.00000162. The summed E-state index contributed by atoms with van der Waals surface area (Å²) in [5, 5.41) is 3.19. The predicted molar refractivity (Wildman–Crippen MR) is 74.1 cm³/mol. The molecule has 18 heavy (non-hydrogen) atoms. The van der Waals surface area contributed by atoms with Crippen LogP contribution in [-0.4, -0.2) is 49.2 Å². The summed E-state index contributed by atoms with van der Waals surface area (Å²) in [5.74, 6) is 0.193. The molecule has 2 fully saturated rings. The molecule has 0 aromatic heterocycles. The molecule has 2 aliphatic rings. The lowest BCUT2D eigenvalue weighted by Crippen LogP contribution is -2.51. The quantitative estimate of drug-likeness (QED) is 0.851. The Hall–Kier alpha value is -0.320. The third kappa shape index (κ3) is 4.41. The van der Waals surface area contributed by atoms with Crippen molar-refractivity contribution in [1.82, 2.24) is 10.2 Å². The molecular weight excluding hydrogens is 252 g/mol. The van der Waals surface area contributed by atoms with Crippen molar-refractivity contribution >= 4 is 18.3 Å². The summed E-state index contributed by atoms with van der Waals surface area (Å²) in [4.78, 5) is 14.3. The van der Waals surface area contributed by atoms with Gasteiger partial charge >= 0.3 is 0 Å². The van der Waals surface area contributed by atoms with E-state index in [9.17, 15) is 4.79 Å². The normalized spacial score (nSPS) is 24.1. The van der Waals surface area contributed by atoms with Crippen molar-refractivity contribution in [3.8, 4) is 0 Å². The summed E-state index contributed by atoms with van der Waals surface area (Å²) in [6, 6.07) is 0.403. The fourth-order valence-electron chi connectivity index (χ4n) is 2.70. The van der Waals surface area contributed by atoms with Crippen LogP contribution in [0.25, 0.3) is 0 Å². The molecule has 0 aromatic rings. The van der Waals surface area contributed by atoms with Crippen LogP contribution in [0.15, 0.2) is 0 Å². The summed E-state index contributed by atoms with van der Waals surface area (Å²) in [7, 11) is 0. The van der Waals surface area contributed by atoms with E-state index in [4.69, 9.17) is 4.74 Å². The SMILES string of the molecule is CC(C(=O)NC1CCCCC1)N1CCOCC1.Cl. The maximum absolute atomic E-state index is 12.1. The molecule has 0 radical (unpaired) electrons. The highest BCUT2D eigenvalue weighted by Gasteiger charge is 2.25. The molecule has 2 rings (SSSR count). The highest BCUT2D eigenvalue weighted by molar-refractivity contribution is 5.85. The lowest BCUT2D eigenvalue weighted by Gasteiger charge is -2.33. The largest absolute Gasteiger partial charge is 0.379 e. The van der Waals surface area contributed by atoms with E-state index in [2.05, 4.69) is 10.2 Å². The third-order valence-corrected chi connectivity index (χ3v) is 3.92. The van der Waals surface area contributed by atoms with Crippen LogP contribution in [0.1, 0.15) is 39.0 Å². The molecule has 1 unspecified atom stereocenters. The number of amides is 1. The maximum atomic E-state index is 12.1. The van der Waals surface area contributed by atoms with Gasteiger partial charge in [0.1, 0.15) is 0 Å². The van der Waals surface area contributed by atoms with Gasteiger partial charge in [0, 0.05) is 19.1 Å². The zero-order chi connectivity index (χ0) is 12.1. The maximum Gasteiger partial charge on any atom is 0.237 e. The number of hydrogen-bond acceptors (Lipinski definition) is 3. The molecule has 1 saturated carbocycles. The first-order valence-electron chi connectivity index (χ1n) is 6.89. The lowest BCUT2D eigenvalue weighted by atomic mass is 9.95. The number of carbonyl (C=O) groups excluding carboxylic acids is 1. The molecule has 1 saturated heterocycles. The van der Waals surface area contributed by atoms with Gasteiger partial charge in [0.25, 0.3) is 0 Å². The smallest absolute Gasteiger partial charge is 0.237 e. The number of nitrogens with one attached hydrogen (secondary N) is 1. The average molecular weight is 277 g/mol. The van der Waals surface area contributed by atoms with Crippen molar-refractivity contribution in [2.45, 2.75) is 51.1 Å². The lowest BCUT2D eigenvalue weighted by molar-refractivity contribution is -0.128. The molecule has 1 aliphatic carbocycles. The predicted octanol–water partition coefficient (Wildman–Crippen LogP) is 1.58. The van der Waals surface area contributed by atoms with Crippen LogP contribution in [0.3, 0.4) is 0 Å². The van der Waals surface area contributed by atoms with Crippen molar-refractivity contribution in [3.05, 3.63) is 0 Å². The topological polar surface area (TPSA) is 41.6 Å². The van der Waals surface area contributed by atoms with Crippen molar-refractivity contribution < 1.29 is 9.53 Å². The van der Waals surface area contributed by atoms with E-state index >= 15 is 0 Å². The molecule has 0 bridgehead atoms. The molecule has 1 atom stereocenters. The number of ether oxygens (including phenoxy) is 1. The standard InChI is InChI=1S/C13H24N2O2.ClH/c1-11(15-7-9-17-10-8-15)13(16)14-12-5-3-2-4-6-12;/h11-12H,2-10H2,1H3,(H,14,16);1H. The van der Waals surface area contributed by atoms with Gasteiger partial charge in [-0.3, -0.25) is 9.69 Å². The van der Waals surface area contributed by atoms with E-state index in [0.29, 0.717) is 6.04 Å². The summed E-state index contributed by atoms with van der Waals surface area (Å²) in [6.45, 7) is 5.25. The molecule has 106 valence electrons. The number of hydrogen-bond donors (Lipinski definition) is 1. The van der Waals surface area contributed by atoms with Crippen LogP contribution in [0.5, 0.6) is 0 Å². The van der Waals surface area contributed by atoms with Gasteiger partial charge in [-0.05, 0) is 19.8 Å². The zero-order valence-electron chi connectivity index (χ0n) is 11.2. The second-order valence-electron chi connectivity index (χ2n) is 5.17. The van der Waals surface area contributed by atoms with Gasteiger partial charge in [-0.1, -0.05) is 19.3 Å². The Morgan fingerprint density at radius 3 is 2.44 bits per heavy atom. The van der Waals surface area contributed by atoms with Crippen LogP contribution in [0, 0.1) is 0 Å². The van der Waals surface area contributed by atoms with Crippen molar-refractivity contribution in [3.63, 3.8) is 0 Å². The fraction of sp³-hybridized carbons (Fsp3) is 0.923. The Kier molecular flexibility index (Phi) is 6.97. The fourth-order valence-corrected chi connectivity index (χ4v) is 2.70. The van der Waals surface area contributed by atoms with Gasteiger partial charge in [0.2, 0.25) is 5.91 Å². The van der Waals surface area contributed by atoms with E-state index in [1.807, 2.05) is 6.92 Å². The van der Waals surface area contributed by atoms with Crippen LogP contribution in [0.2, 0.25) is 0 Å². The molecule has 0 aromatic carbocycles. The second-order valence-corrected chi connectivity index (χ2v) is 5.17. The van der Waals surface area contributed by atoms with Gasteiger partial charge in [-0.15, -0.1) is 12.4 Å². The first kappa shape index (κ1) is 15.7. The van der Waals surface area contributed by atoms with E-state index in [-0.39, 0.29) is 24.4 Å². The number of rotatable bonds is 3. The van der Waals surface area contributed by atoms with Gasteiger partial charge in [0.05, 0.1) is 19.3 Å². The minimum absolute atomic E-state index is 0. The minimum Gasteiger partial charge on any atom is -0.379 e. The molecule has 1 aliphatic heterocycles. The molecule has 5 heteroatoms. The Labute approximate surface area is 116 Å². The summed E-state index contributed by atoms with van der Waals surface area (Å²) in [5.41, 5.74) is 0. The number of carbonyl (C=O) groups is 1. The van der Waals surface area contributed by atoms with Crippen LogP contribution < -0.4 is 5.32 Å². The Morgan fingerprint density at radius 2 is 1.83 bits per heavy atom. The first-order valence-corrected chi connectivity index (χ1v) is 6.89. The van der Waals surface area contributed by atoms with E-state index in [0.717, 1.165) is 39.1 Å². The molecule has 1 amide bonds. The Bertz CT molecular complexity index is 251. The van der Waals surface area contributed by atoms with Crippen molar-refractivity contribution in [2.24, 2.45) is 0 Å². The molecular formula is C13H25ClN2O2. The van der Waals surface area contributed by atoms with Gasteiger partial charge < -0.3 is 10.1 Å². The van der Waals surface area contributed by atoms with Crippen LogP contribution >= 0.6 is 12.4 Å². The molecule has 0 spiro atoms. The highest BCUT2D eigenvalue weighted by atomic mass is 35.5. The summed E-state index contributed by atoms with van der Waals surface area (Å²) >= 11 is 0. The van der Waals surface area contributed by atoms with E-state index in [1.165, 1.54) is 19.3 Å². The van der Waals surface area contributed by atoms with Gasteiger partial charge in [-0.25, -0.2) is 0 Å². The van der Waals surface area contributed by atoms with Crippen LogP contribution in [-0.2, 0) is 9.53 Å². The number of nitrogens with zero attached hydrogens (tertiary/aromatic N) is 1. The number of halogens is 1. The molecule has 4 nitrogen and oxygen atoms in total. The monoisotopic (exact) mass is 276 g/mol. The second kappa shape index (κ2) is 7.97. The van der Waals surface area contributed by atoms with E-state index < -0.39 is 0 Å². The molecule has 1 heterocycles.